The second-order valence-electron chi connectivity index (χ2n) is 14.4. The molecule has 7 heteroatoms. The fourth-order valence-electron chi connectivity index (χ4n) is 8.35. The summed E-state index contributed by atoms with van der Waals surface area (Å²) in [6.45, 7) is 17.3. The van der Waals surface area contributed by atoms with Crippen LogP contribution in [-0.2, 0) is 19.0 Å². The van der Waals surface area contributed by atoms with Gasteiger partial charge in [0.2, 0.25) is 0 Å². The van der Waals surface area contributed by atoms with E-state index >= 15 is 0 Å². The van der Waals surface area contributed by atoms with E-state index in [0.29, 0.717) is 24.2 Å². The molecule has 3 aliphatic carbocycles. The molecule has 0 aliphatic heterocycles. The van der Waals surface area contributed by atoms with E-state index < -0.39 is 15.7 Å². The van der Waals surface area contributed by atoms with Crippen molar-refractivity contribution in [1.29, 1.82) is 0 Å². The topological polar surface area (TPSA) is 81.7 Å². The number of amides is 1. The number of aryl methyl sites for hydroxylation is 1. The summed E-state index contributed by atoms with van der Waals surface area (Å²) < 4.78 is 36.3. The highest BCUT2D eigenvalue weighted by atomic mass is 32.2. The van der Waals surface area contributed by atoms with Crippen LogP contribution in [0.4, 0.5) is 4.79 Å². The van der Waals surface area contributed by atoms with Crippen molar-refractivity contribution >= 4 is 16.2 Å². The van der Waals surface area contributed by atoms with Crippen LogP contribution in [0.2, 0.25) is 0 Å². The van der Waals surface area contributed by atoms with Crippen LogP contribution in [0.25, 0.3) is 0 Å². The van der Waals surface area contributed by atoms with E-state index in [1.807, 2.05) is 27.7 Å². The molecule has 6 nitrogen and oxygen atoms in total. The minimum absolute atomic E-state index is 0.0244. The second-order valence-corrected chi connectivity index (χ2v) is 16.1. The fourth-order valence-corrected chi connectivity index (χ4v) is 9.30. The number of rotatable bonds is 7. The number of hydrogen-bond donors (Lipinski definition) is 1. The number of fused-ring (bicyclic) bond motifs is 3. The Morgan fingerprint density at radius 2 is 1.70 bits per heavy atom. The molecule has 1 amide bonds. The highest BCUT2D eigenvalue weighted by molar-refractivity contribution is 7.86. The Labute approximate surface area is 242 Å². The molecule has 0 unspecified atom stereocenters. The zero-order valence-corrected chi connectivity index (χ0v) is 26.7. The number of allylic oxidation sites excluding steroid dienone is 2. The van der Waals surface area contributed by atoms with Crippen LogP contribution < -0.4 is 5.32 Å². The van der Waals surface area contributed by atoms with Gasteiger partial charge < -0.3 is 10.1 Å². The van der Waals surface area contributed by atoms with Gasteiger partial charge in [-0.15, -0.1) is 0 Å². The van der Waals surface area contributed by atoms with Crippen LogP contribution in [-0.4, -0.2) is 32.8 Å². The normalized spacial score (nSPS) is 30.3. The lowest BCUT2D eigenvalue weighted by molar-refractivity contribution is -0.110. The summed E-state index contributed by atoms with van der Waals surface area (Å²) in [5, 5.41) is 3.23. The monoisotopic (exact) mass is 573 g/mol. The van der Waals surface area contributed by atoms with E-state index in [9.17, 15) is 13.2 Å². The number of nitrogens with one attached hydrogen (secondary N) is 1. The Morgan fingerprint density at radius 3 is 2.35 bits per heavy atom. The average Bonchev–Trinajstić information content (AvgIpc) is 2.83. The summed E-state index contributed by atoms with van der Waals surface area (Å²) in [5.41, 5.74) is 3.74. The molecule has 4 rings (SSSR count). The first kappa shape index (κ1) is 31.1. The molecular formula is C33H51NO5S. The zero-order chi connectivity index (χ0) is 29.5. The average molecular weight is 574 g/mol. The van der Waals surface area contributed by atoms with E-state index in [-0.39, 0.29) is 34.5 Å². The van der Waals surface area contributed by atoms with E-state index in [0.717, 1.165) is 44.1 Å². The number of hydrogen-bond acceptors (Lipinski definition) is 5. The maximum absolute atomic E-state index is 12.7. The number of carbonyl (C=O) groups is 1. The van der Waals surface area contributed by atoms with Crippen molar-refractivity contribution in [2.45, 2.75) is 123 Å². The number of ether oxygens (including phenoxy) is 1. The summed E-state index contributed by atoms with van der Waals surface area (Å²) in [6.07, 6.45) is 7.98. The number of carbonyl (C=O) groups excluding carboxylic acids is 1. The first-order valence-corrected chi connectivity index (χ1v) is 16.6. The Morgan fingerprint density at radius 1 is 1.02 bits per heavy atom. The van der Waals surface area contributed by atoms with Gasteiger partial charge in [-0.25, -0.2) is 4.79 Å². The van der Waals surface area contributed by atoms with Gasteiger partial charge in [-0.1, -0.05) is 49.6 Å². The first-order chi connectivity index (χ1) is 18.5. The van der Waals surface area contributed by atoms with E-state index in [2.05, 4.69) is 33.0 Å². The lowest BCUT2D eigenvalue weighted by Gasteiger charge is -2.63. The van der Waals surface area contributed by atoms with Crippen molar-refractivity contribution in [2.24, 2.45) is 28.6 Å². The smallest absolute Gasteiger partial charge is 0.407 e. The van der Waals surface area contributed by atoms with Crippen LogP contribution in [0.1, 0.15) is 105 Å². The van der Waals surface area contributed by atoms with Gasteiger partial charge in [-0.3, -0.25) is 4.18 Å². The minimum Gasteiger partial charge on any atom is -0.444 e. The van der Waals surface area contributed by atoms with Crippen molar-refractivity contribution in [2.75, 3.05) is 6.61 Å². The van der Waals surface area contributed by atoms with E-state index in [4.69, 9.17) is 8.92 Å². The Bertz CT molecular complexity index is 1210. The highest BCUT2D eigenvalue weighted by Gasteiger charge is 2.58. The quantitative estimate of drug-likeness (QED) is 0.203. The number of benzene rings is 1. The Balaban J connectivity index is 1.40. The van der Waals surface area contributed by atoms with Crippen molar-refractivity contribution in [3.05, 3.63) is 41.0 Å². The molecular weight excluding hydrogens is 522 g/mol. The van der Waals surface area contributed by atoms with Gasteiger partial charge in [0, 0.05) is 6.04 Å². The molecule has 1 N–H and O–H groups in total. The molecule has 0 heterocycles. The van der Waals surface area contributed by atoms with Gasteiger partial charge in [0.15, 0.2) is 0 Å². The van der Waals surface area contributed by atoms with Crippen LogP contribution in [0.3, 0.4) is 0 Å². The molecule has 2 saturated carbocycles. The van der Waals surface area contributed by atoms with Crippen molar-refractivity contribution < 1.29 is 22.1 Å². The summed E-state index contributed by atoms with van der Waals surface area (Å²) in [4.78, 5) is 12.9. The Kier molecular flexibility index (Phi) is 8.88. The van der Waals surface area contributed by atoms with E-state index in [1.54, 1.807) is 29.8 Å². The van der Waals surface area contributed by atoms with Gasteiger partial charge >= 0.3 is 6.09 Å². The molecule has 224 valence electrons. The fraction of sp³-hybridized carbons (Fsp3) is 0.727. The van der Waals surface area contributed by atoms with Gasteiger partial charge in [-0.2, -0.15) is 8.42 Å². The van der Waals surface area contributed by atoms with Crippen molar-refractivity contribution in [3.8, 4) is 0 Å². The molecule has 0 radical (unpaired) electrons. The zero-order valence-electron chi connectivity index (χ0n) is 25.9. The van der Waals surface area contributed by atoms with Gasteiger partial charge in [0.1, 0.15) is 5.60 Å². The molecule has 0 saturated heterocycles. The maximum atomic E-state index is 12.7. The number of alkyl carbamates (subject to hydrolysis) is 1. The molecule has 5 atom stereocenters. The summed E-state index contributed by atoms with van der Waals surface area (Å²) in [6, 6.07) is 6.92. The molecule has 2 fully saturated rings. The summed E-state index contributed by atoms with van der Waals surface area (Å²) >= 11 is 0. The van der Waals surface area contributed by atoms with Gasteiger partial charge in [0.25, 0.3) is 10.1 Å². The minimum atomic E-state index is -3.73. The lowest BCUT2D eigenvalue weighted by atomic mass is 9.43. The molecule has 0 spiro atoms. The lowest BCUT2D eigenvalue weighted by Crippen LogP contribution is -2.61. The third-order valence-electron chi connectivity index (χ3n) is 10.3. The largest absolute Gasteiger partial charge is 0.444 e. The van der Waals surface area contributed by atoms with Crippen LogP contribution in [0.15, 0.2) is 40.3 Å². The SMILES string of the molecule is CC1=C(CCCOS(=O)(=O)c2ccc(C)cc2)[C@@H]2CC[C@H]3C(C)(C)[C@@H](NC(=O)OC(C)(C)C)CC[C@]3(C)[C@H]2CC1. The van der Waals surface area contributed by atoms with Crippen LogP contribution >= 0.6 is 0 Å². The predicted octanol–water partition coefficient (Wildman–Crippen LogP) is 7.95. The standard InChI is InChI=1S/C33H51NO5S/c1-22-11-14-24(15-12-22)40(36,37)38-21-9-10-25-23(2)13-17-27-26(25)16-18-28-32(6,7)29(19-20-33(27,28)8)34-30(35)39-31(3,4)5/h11-12,14-15,26-29H,9-10,13,16-21H2,1-8H3,(H,34,35)/t26-,27-,28-,29-,33+/m0/s1. The third kappa shape index (κ3) is 6.46. The molecule has 1 aromatic rings. The molecule has 40 heavy (non-hydrogen) atoms. The van der Waals surface area contributed by atoms with E-state index in [1.165, 1.54) is 12.0 Å². The highest BCUT2D eigenvalue weighted by Crippen LogP contribution is 2.64. The first-order valence-electron chi connectivity index (χ1n) is 15.2. The maximum Gasteiger partial charge on any atom is 0.407 e. The summed E-state index contributed by atoms with van der Waals surface area (Å²) in [7, 11) is -3.73. The summed E-state index contributed by atoms with van der Waals surface area (Å²) in [5.74, 6) is 1.69. The van der Waals surface area contributed by atoms with Crippen LogP contribution in [0, 0.1) is 35.5 Å². The van der Waals surface area contributed by atoms with Crippen molar-refractivity contribution in [3.63, 3.8) is 0 Å². The molecule has 3 aliphatic rings. The van der Waals surface area contributed by atoms with Crippen LogP contribution in [0.5, 0.6) is 0 Å². The van der Waals surface area contributed by atoms with Crippen molar-refractivity contribution in [1.82, 2.24) is 5.32 Å². The predicted molar refractivity (Wildman–Crippen MR) is 159 cm³/mol. The Hall–Kier alpha value is -1.86. The van der Waals surface area contributed by atoms with Gasteiger partial charge in [-0.05, 0) is 127 Å². The molecule has 0 bridgehead atoms. The molecule has 0 aromatic heterocycles. The van der Waals surface area contributed by atoms with Gasteiger partial charge in [0.05, 0.1) is 11.5 Å². The molecule has 1 aromatic carbocycles. The third-order valence-corrected chi connectivity index (χ3v) is 11.6. The second kappa shape index (κ2) is 11.4.